The lowest BCUT2D eigenvalue weighted by atomic mass is 10.3. The van der Waals surface area contributed by atoms with Crippen LogP contribution in [-0.2, 0) is 0 Å². The first kappa shape index (κ1) is 12.1. The van der Waals surface area contributed by atoms with Gasteiger partial charge in [-0.05, 0) is 12.5 Å². The van der Waals surface area contributed by atoms with Gasteiger partial charge >= 0.3 is 0 Å². The minimum absolute atomic E-state index is 0.112. The van der Waals surface area contributed by atoms with Crippen LogP contribution in [0.4, 0.5) is 10.1 Å². The lowest BCUT2D eigenvalue weighted by Crippen LogP contribution is -1.95. The lowest BCUT2D eigenvalue weighted by molar-refractivity contribution is 0.296. The van der Waals surface area contributed by atoms with E-state index in [4.69, 9.17) is 15.6 Å². The molecule has 0 amide bonds. The number of benzene rings is 1. The molecule has 1 aromatic carbocycles. The van der Waals surface area contributed by atoms with Crippen molar-refractivity contribution in [1.29, 1.82) is 0 Å². The van der Waals surface area contributed by atoms with Crippen LogP contribution in [0.25, 0.3) is 0 Å². The Balaban J connectivity index is 2.78. The molecule has 0 aliphatic rings. The number of hydrogen-bond acceptors (Lipinski definition) is 4. The van der Waals surface area contributed by atoms with Crippen LogP contribution in [0.5, 0.6) is 5.75 Å². The largest absolute Gasteiger partial charge is 0.495 e. The first-order chi connectivity index (χ1) is 7.19. The van der Waals surface area contributed by atoms with Gasteiger partial charge in [0.15, 0.2) is 0 Å². The second kappa shape index (κ2) is 5.82. The van der Waals surface area contributed by atoms with Gasteiger partial charge in [0, 0.05) is 23.3 Å². The first-order valence-corrected chi connectivity index (χ1v) is 5.54. The molecule has 3 N–H and O–H groups in total. The Morgan fingerprint density at radius 2 is 2.27 bits per heavy atom. The first-order valence-electron chi connectivity index (χ1n) is 4.55. The van der Waals surface area contributed by atoms with Gasteiger partial charge < -0.3 is 15.6 Å². The molecule has 15 heavy (non-hydrogen) atoms. The third-order valence-electron chi connectivity index (χ3n) is 1.84. The van der Waals surface area contributed by atoms with Crippen molar-refractivity contribution < 1.29 is 14.2 Å². The Labute approximate surface area is 92.4 Å². The maximum absolute atomic E-state index is 13.4. The van der Waals surface area contributed by atoms with E-state index in [1.807, 2.05) is 0 Å². The van der Waals surface area contributed by atoms with Crippen LogP contribution in [0.15, 0.2) is 17.0 Å². The highest BCUT2D eigenvalue weighted by Crippen LogP contribution is 2.31. The van der Waals surface area contributed by atoms with Crippen molar-refractivity contribution in [3.05, 3.63) is 17.9 Å². The Kier molecular flexibility index (Phi) is 4.71. The maximum Gasteiger partial charge on any atom is 0.143 e. The summed E-state index contributed by atoms with van der Waals surface area (Å²) in [6.07, 6.45) is 0.636. The molecule has 0 radical (unpaired) electrons. The molecule has 3 nitrogen and oxygen atoms in total. The number of hydrogen-bond donors (Lipinski definition) is 2. The van der Waals surface area contributed by atoms with E-state index in [-0.39, 0.29) is 12.4 Å². The Morgan fingerprint density at radius 3 is 2.87 bits per heavy atom. The second-order valence-electron chi connectivity index (χ2n) is 2.95. The number of nitrogen functional groups attached to an aromatic ring is 1. The van der Waals surface area contributed by atoms with Crippen molar-refractivity contribution in [2.24, 2.45) is 0 Å². The standard InChI is InChI=1S/C10H14FNO2S/c1-14-9-6-10(15-4-2-3-13)7(11)5-8(9)12/h5-6,13H,2-4,12H2,1H3. The maximum atomic E-state index is 13.4. The second-order valence-corrected chi connectivity index (χ2v) is 4.09. The van der Waals surface area contributed by atoms with Gasteiger partial charge in [-0.1, -0.05) is 0 Å². The van der Waals surface area contributed by atoms with Crippen molar-refractivity contribution in [2.45, 2.75) is 11.3 Å². The average molecular weight is 231 g/mol. The normalized spacial score (nSPS) is 10.3. The van der Waals surface area contributed by atoms with E-state index in [1.54, 1.807) is 6.07 Å². The number of anilines is 1. The predicted molar refractivity (Wildman–Crippen MR) is 59.8 cm³/mol. The number of thioether (sulfide) groups is 1. The summed E-state index contributed by atoms with van der Waals surface area (Å²) in [5, 5.41) is 8.61. The fraction of sp³-hybridized carbons (Fsp3) is 0.400. The molecule has 0 saturated heterocycles. The van der Waals surface area contributed by atoms with Gasteiger partial charge in [-0.25, -0.2) is 4.39 Å². The molecular formula is C10H14FNO2S. The number of nitrogens with two attached hydrogens (primary N) is 1. The summed E-state index contributed by atoms with van der Waals surface area (Å²) in [7, 11) is 1.49. The number of halogens is 1. The monoisotopic (exact) mass is 231 g/mol. The molecule has 84 valence electrons. The number of rotatable bonds is 5. The number of ether oxygens (including phenoxy) is 1. The van der Waals surface area contributed by atoms with Gasteiger partial charge in [-0.3, -0.25) is 0 Å². The molecule has 0 spiro atoms. The summed E-state index contributed by atoms with van der Waals surface area (Å²) in [6, 6.07) is 2.83. The van der Waals surface area contributed by atoms with E-state index in [9.17, 15) is 4.39 Å². The molecule has 1 aromatic rings. The van der Waals surface area contributed by atoms with E-state index < -0.39 is 0 Å². The van der Waals surface area contributed by atoms with Gasteiger partial charge in [0.1, 0.15) is 11.6 Å². The molecule has 0 heterocycles. The summed E-state index contributed by atoms with van der Waals surface area (Å²) in [5.41, 5.74) is 5.83. The van der Waals surface area contributed by atoms with Crippen LogP contribution < -0.4 is 10.5 Å². The van der Waals surface area contributed by atoms with Crippen LogP contribution in [-0.4, -0.2) is 24.6 Å². The minimum atomic E-state index is -0.351. The van der Waals surface area contributed by atoms with Crippen molar-refractivity contribution in [3.8, 4) is 5.75 Å². The molecule has 0 aromatic heterocycles. The zero-order chi connectivity index (χ0) is 11.3. The molecular weight excluding hydrogens is 217 g/mol. The van der Waals surface area contributed by atoms with Crippen LogP contribution in [0.1, 0.15) is 6.42 Å². The average Bonchev–Trinajstić information content (AvgIpc) is 2.21. The molecule has 0 atom stereocenters. The van der Waals surface area contributed by atoms with Gasteiger partial charge in [0.2, 0.25) is 0 Å². The summed E-state index contributed by atoms with van der Waals surface area (Å²) < 4.78 is 18.4. The van der Waals surface area contributed by atoms with E-state index in [0.717, 1.165) is 0 Å². The zero-order valence-corrected chi connectivity index (χ0v) is 9.31. The fourth-order valence-electron chi connectivity index (χ4n) is 1.08. The molecule has 0 aliphatic carbocycles. The van der Waals surface area contributed by atoms with Crippen LogP contribution in [0, 0.1) is 5.82 Å². The number of methoxy groups -OCH3 is 1. The van der Waals surface area contributed by atoms with Gasteiger partial charge in [0.05, 0.1) is 12.8 Å². The molecule has 0 bridgehead atoms. The fourth-order valence-corrected chi connectivity index (χ4v) is 1.96. The highest BCUT2D eigenvalue weighted by atomic mass is 32.2. The van der Waals surface area contributed by atoms with Gasteiger partial charge in [-0.15, -0.1) is 11.8 Å². The summed E-state index contributed by atoms with van der Waals surface area (Å²) in [4.78, 5) is 0.495. The molecule has 5 heteroatoms. The van der Waals surface area contributed by atoms with E-state index in [1.165, 1.54) is 24.9 Å². The Bertz CT molecular complexity index is 333. The molecule has 0 saturated carbocycles. The van der Waals surface area contributed by atoms with Gasteiger partial charge in [-0.2, -0.15) is 0 Å². The SMILES string of the molecule is COc1cc(SCCCO)c(F)cc1N. The summed E-state index contributed by atoms with van der Waals surface area (Å²) in [5.74, 6) is 0.791. The zero-order valence-electron chi connectivity index (χ0n) is 8.50. The van der Waals surface area contributed by atoms with Crippen molar-refractivity contribution in [2.75, 3.05) is 25.2 Å². The van der Waals surface area contributed by atoms with Crippen molar-refractivity contribution in [1.82, 2.24) is 0 Å². The Hall–Kier alpha value is -0.940. The molecule has 0 unspecified atom stereocenters. The van der Waals surface area contributed by atoms with Crippen LogP contribution >= 0.6 is 11.8 Å². The number of aliphatic hydroxyl groups excluding tert-OH is 1. The predicted octanol–water partition coefficient (Wildman–Crippen LogP) is 1.89. The van der Waals surface area contributed by atoms with Crippen molar-refractivity contribution >= 4 is 17.4 Å². The van der Waals surface area contributed by atoms with Gasteiger partial charge in [0.25, 0.3) is 0 Å². The smallest absolute Gasteiger partial charge is 0.143 e. The third-order valence-corrected chi connectivity index (χ3v) is 2.96. The lowest BCUT2D eigenvalue weighted by Gasteiger charge is -2.08. The van der Waals surface area contributed by atoms with Crippen molar-refractivity contribution in [3.63, 3.8) is 0 Å². The Morgan fingerprint density at radius 1 is 1.53 bits per heavy atom. The minimum Gasteiger partial charge on any atom is -0.495 e. The molecule has 1 rings (SSSR count). The summed E-state index contributed by atoms with van der Waals surface area (Å²) in [6.45, 7) is 0.112. The number of aliphatic hydroxyl groups is 1. The highest BCUT2D eigenvalue weighted by molar-refractivity contribution is 7.99. The quantitative estimate of drug-likeness (QED) is 0.461. The van der Waals surface area contributed by atoms with E-state index in [0.29, 0.717) is 28.5 Å². The molecule has 0 aliphatic heterocycles. The highest BCUT2D eigenvalue weighted by Gasteiger charge is 2.08. The molecule has 0 fully saturated rings. The van der Waals surface area contributed by atoms with E-state index in [2.05, 4.69) is 0 Å². The topological polar surface area (TPSA) is 55.5 Å². The van der Waals surface area contributed by atoms with E-state index >= 15 is 0 Å². The van der Waals surface area contributed by atoms with Crippen LogP contribution in [0.2, 0.25) is 0 Å². The van der Waals surface area contributed by atoms with Crippen LogP contribution in [0.3, 0.4) is 0 Å². The summed E-state index contributed by atoms with van der Waals surface area (Å²) >= 11 is 1.34. The third kappa shape index (κ3) is 3.28.